The molecule has 9 heteroatoms. The van der Waals surface area contributed by atoms with Crippen LogP contribution in [0.1, 0.15) is 29.8 Å². The highest BCUT2D eigenvalue weighted by Gasteiger charge is 2.23. The van der Waals surface area contributed by atoms with E-state index < -0.39 is 11.9 Å². The Morgan fingerprint density at radius 2 is 1.90 bits per heavy atom. The van der Waals surface area contributed by atoms with Crippen molar-refractivity contribution in [2.75, 3.05) is 12.4 Å². The third-order valence-electron chi connectivity index (χ3n) is 4.15. The summed E-state index contributed by atoms with van der Waals surface area (Å²) in [5.41, 5.74) is 6.37. The Kier molecular flexibility index (Phi) is 8.79. The summed E-state index contributed by atoms with van der Waals surface area (Å²) in [4.78, 5) is 25.7. The molecule has 2 rings (SSSR count). The number of Topliss-reactive ketones (excluding diaryl/α,β-unsaturated/α-hetero) is 1. The molecule has 0 unspecified atom stereocenters. The molecule has 0 aromatic heterocycles. The van der Waals surface area contributed by atoms with E-state index in [9.17, 15) is 9.59 Å². The second kappa shape index (κ2) is 11.5. The number of amides is 1. The van der Waals surface area contributed by atoms with Crippen LogP contribution in [0.15, 0.2) is 53.6 Å². The average Bonchev–Trinajstić information content (AvgIpc) is 2.73. The lowest BCUT2D eigenvalue weighted by atomic mass is 10.0. The molecule has 0 aliphatic heterocycles. The highest BCUT2D eigenvalue weighted by molar-refractivity contribution is 6.30. The molecule has 0 radical (unpaired) electrons. The van der Waals surface area contributed by atoms with Crippen LogP contribution in [0.25, 0.3) is 0 Å². The highest BCUT2D eigenvalue weighted by atomic mass is 16.5. The summed E-state index contributed by atoms with van der Waals surface area (Å²) in [7, 11) is 1.49. The number of hydrazine groups is 2. The number of rotatable bonds is 11. The molecule has 2 aromatic rings. The van der Waals surface area contributed by atoms with E-state index in [1.807, 2.05) is 50.2 Å². The Morgan fingerprint density at radius 1 is 1.17 bits per heavy atom. The Labute approximate surface area is 176 Å². The number of nitrogens with two attached hydrogens (primary N) is 1. The standard InChI is InChI=1S/C21H28N6O3/c1-14(2)24-16-9-10-20(30-3)17(12-16)21(29)25-18(19(28)13-23-27-26-22)11-15-7-5-4-6-8-15/h4-10,12-14,18,24,26-27H,11,22H2,1-3H3,(H,25,29)/b23-13-/t18-/m0/s1. The van der Waals surface area contributed by atoms with Gasteiger partial charge in [0.2, 0.25) is 0 Å². The molecular formula is C21H28N6O3. The van der Waals surface area contributed by atoms with E-state index in [0.29, 0.717) is 17.7 Å². The van der Waals surface area contributed by atoms with E-state index in [2.05, 4.69) is 26.8 Å². The van der Waals surface area contributed by atoms with Crippen molar-refractivity contribution in [1.29, 1.82) is 0 Å². The molecule has 1 amide bonds. The van der Waals surface area contributed by atoms with E-state index in [0.717, 1.165) is 17.5 Å². The monoisotopic (exact) mass is 412 g/mol. The fourth-order valence-electron chi connectivity index (χ4n) is 2.84. The lowest BCUT2D eigenvalue weighted by Crippen LogP contribution is -2.43. The fraction of sp³-hybridized carbons (Fsp3) is 0.286. The smallest absolute Gasteiger partial charge is 0.255 e. The van der Waals surface area contributed by atoms with Crippen LogP contribution in [0.5, 0.6) is 5.75 Å². The summed E-state index contributed by atoms with van der Waals surface area (Å²) in [6.45, 7) is 4.00. The highest BCUT2D eigenvalue weighted by Crippen LogP contribution is 2.23. The topological polar surface area (TPSA) is 130 Å². The predicted octanol–water partition coefficient (Wildman–Crippen LogP) is 1.38. The van der Waals surface area contributed by atoms with Gasteiger partial charge in [0.25, 0.3) is 5.91 Å². The molecule has 1 atom stereocenters. The van der Waals surface area contributed by atoms with Gasteiger partial charge in [-0.3, -0.25) is 15.4 Å². The van der Waals surface area contributed by atoms with Crippen molar-refractivity contribution in [2.24, 2.45) is 10.9 Å². The number of hydrogen-bond acceptors (Lipinski definition) is 8. The molecule has 0 aliphatic carbocycles. The maximum Gasteiger partial charge on any atom is 0.255 e. The Balaban J connectivity index is 2.27. The zero-order chi connectivity index (χ0) is 21.9. The maximum atomic E-state index is 13.0. The number of hydrogen-bond donors (Lipinski definition) is 5. The van der Waals surface area contributed by atoms with Crippen LogP contribution in [-0.4, -0.2) is 37.1 Å². The van der Waals surface area contributed by atoms with Gasteiger partial charge in [0.15, 0.2) is 5.78 Å². The Bertz CT molecular complexity index is 870. The number of nitrogens with one attached hydrogen (secondary N) is 4. The molecule has 0 saturated carbocycles. The third kappa shape index (κ3) is 6.87. The number of nitrogens with zero attached hydrogens (tertiary/aromatic N) is 1. The molecule has 0 heterocycles. The first-order valence-corrected chi connectivity index (χ1v) is 9.51. The Hall–Kier alpha value is -3.43. The lowest BCUT2D eigenvalue weighted by Gasteiger charge is -2.18. The number of anilines is 1. The Morgan fingerprint density at radius 3 is 2.53 bits per heavy atom. The molecular weight excluding hydrogens is 384 g/mol. The van der Waals surface area contributed by atoms with Gasteiger partial charge in [-0.1, -0.05) is 30.3 Å². The van der Waals surface area contributed by atoms with Crippen molar-refractivity contribution < 1.29 is 14.3 Å². The minimum absolute atomic E-state index is 0.196. The minimum Gasteiger partial charge on any atom is -0.496 e. The number of ether oxygens (including phenoxy) is 1. The van der Waals surface area contributed by atoms with Crippen molar-refractivity contribution in [1.82, 2.24) is 16.4 Å². The van der Waals surface area contributed by atoms with Crippen LogP contribution in [0, 0.1) is 0 Å². The summed E-state index contributed by atoms with van der Waals surface area (Å²) in [5, 5.41) is 9.71. The van der Waals surface area contributed by atoms with Crippen molar-refractivity contribution in [3.05, 3.63) is 59.7 Å². The van der Waals surface area contributed by atoms with Gasteiger partial charge < -0.3 is 15.4 Å². The number of hydrazone groups is 1. The van der Waals surface area contributed by atoms with Crippen molar-refractivity contribution in [3.8, 4) is 5.75 Å². The van der Waals surface area contributed by atoms with Crippen LogP contribution in [0.3, 0.4) is 0 Å². The van der Waals surface area contributed by atoms with E-state index in [1.54, 1.807) is 12.1 Å². The first-order chi connectivity index (χ1) is 14.4. The quantitative estimate of drug-likeness (QED) is 0.214. The average molecular weight is 412 g/mol. The van der Waals surface area contributed by atoms with E-state index >= 15 is 0 Å². The fourth-order valence-corrected chi connectivity index (χ4v) is 2.84. The normalized spacial score (nSPS) is 11.9. The van der Waals surface area contributed by atoms with Gasteiger partial charge in [-0.25, -0.2) is 5.53 Å². The van der Waals surface area contributed by atoms with Gasteiger partial charge in [-0.2, -0.15) is 10.6 Å². The van der Waals surface area contributed by atoms with Crippen LogP contribution in [-0.2, 0) is 11.2 Å². The molecule has 2 aromatic carbocycles. The molecule has 6 N–H and O–H groups in total. The second-order valence-corrected chi connectivity index (χ2v) is 6.85. The van der Waals surface area contributed by atoms with Crippen LogP contribution in [0.2, 0.25) is 0 Å². The number of methoxy groups -OCH3 is 1. The van der Waals surface area contributed by atoms with E-state index in [-0.39, 0.29) is 11.8 Å². The number of carbonyl (C=O) groups excluding carboxylic acids is 2. The minimum atomic E-state index is -0.824. The van der Waals surface area contributed by atoms with Gasteiger partial charge in [0.1, 0.15) is 5.75 Å². The largest absolute Gasteiger partial charge is 0.496 e. The molecule has 9 nitrogen and oxygen atoms in total. The molecule has 0 bridgehead atoms. The summed E-state index contributed by atoms with van der Waals surface area (Å²) in [5.74, 6) is 4.68. The van der Waals surface area contributed by atoms with Crippen molar-refractivity contribution >= 4 is 23.6 Å². The predicted molar refractivity (Wildman–Crippen MR) is 117 cm³/mol. The first-order valence-electron chi connectivity index (χ1n) is 9.51. The van der Waals surface area contributed by atoms with Crippen LogP contribution < -0.4 is 32.3 Å². The summed E-state index contributed by atoms with van der Waals surface area (Å²) >= 11 is 0. The van der Waals surface area contributed by atoms with Gasteiger partial charge in [0.05, 0.1) is 24.9 Å². The third-order valence-corrected chi connectivity index (χ3v) is 4.15. The number of ketones is 1. The SMILES string of the molecule is COc1ccc(NC(C)C)cc1C(=O)N[C@@H](Cc1ccccc1)C(=O)/C=N\NNN. The maximum absolute atomic E-state index is 13.0. The molecule has 0 saturated heterocycles. The van der Waals surface area contributed by atoms with E-state index in [4.69, 9.17) is 10.6 Å². The summed E-state index contributed by atoms with van der Waals surface area (Å²) in [6.07, 6.45) is 1.38. The van der Waals surface area contributed by atoms with Gasteiger partial charge in [-0.15, -0.1) is 0 Å². The molecule has 0 fully saturated rings. The first kappa shape index (κ1) is 22.9. The summed E-state index contributed by atoms with van der Waals surface area (Å²) < 4.78 is 5.33. The van der Waals surface area contributed by atoms with Crippen LogP contribution >= 0.6 is 0 Å². The zero-order valence-corrected chi connectivity index (χ0v) is 17.3. The van der Waals surface area contributed by atoms with Crippen molar-refractivity contribution in [2.45, 2.75) is 32.4 Å². The van der Waals surface area contributed by atoms with Gasteiger partial charge >= 0.3 is 0 Å². The molecule has 30 heavy (non-hydrogen) atoms. The number of benzene rings is 2. The van der Waals surface area contributed by atoms with Crippen LogP contribution in [0.4, 0.5) is 5.69 Å². The second-order valence-electron chi connectivity index (χ2n) is 6.85. The number of carbonyl (C=O) groups is 2. The zero-order valence-electron chi connectivity index (χ0n) is 17.3. The van der Waals surface area contributed by atoms with Gasteiger partial charge in [-0.05, 0) is 37.6 Å². The van der Waals surface area contributed by atoms with Crippen molar-refractivity contribution in [3.63, 3.8) is 0 Å². The summed E-state index contributed by atoms with van der Waals surface area (Å²) in [6, 6.07) is 14.0. The lowest BCUT2D eigenvalue weighted by molar-refractivity contribution is -0.114. The van der Waals surface area contributed by atoms with E-state index in [1.165, 1.54) is 7.11 Å². The molecule has 0 spiro atoms. The molecule has 0 aliphatic rings. The van der Waals surface area contributed by atoms with Gasteiger partial charge in [0, 0.05) is 18.2 Å². The molecule has 160 valence electrons.